The minimum Gasteiger partial charge on any atom is -0.345 e. The largest absolute Gasteiger partial charge is 0.438 e. The zero-order valence-corrected chi connectivity index (χ0v) is 10.8. The quantitative estimate of drug-likeness (QED) is 0.651. The number of hydrogen-bond donors (Lipinski definition) is 3. The maximum Gasteiger partial charge on any atom is 0.438 e. The van der Waals surface area contributed by atoms with Crippen LogP contribution in [0.2, 0.25) is 0 Å². The fourth-order valence-electron chi connectivity index (χ4n) is 1.83. The second-order valence-corrected chi connectivity index (χ2v) is 4.29. The molecule has 3 N–H and O–H groups in total. The van der Waals surface area contributed by atoms with Gasteiger partial charge in [0.15, 0.2) is 5.82 Å². The van der Waals surface area contributed by atoms with Crippen LogP contribution < -0.4 is 11.1 Å². The van der Waals surface area contributed by atoms with E-state index in [1.165, 1.54) is 0 Å². The van der Waals surface area contributed by atoms with Crippen LogP contribution in [0.25, 0.3) is 11.1 Å². The van der Waals surface area contributed by atoms with Crippen molar-refractivity contribution in [1.29, 1.82) is 0 Å². The molecule has 1 amide bonds. The molecule has 0 fully saturated rings. The summed E-state index contributed by atoms with van der Waals surface area (Å²) in [5, 5.41) is 12.7. The van der Waals surface area contributed by atoms with E-state index in [9.17, 15) is 9.59 Å². The van der Waals surface area contributed by atoms with Crippen LogP contribution in [0.5, 0.6) is 0 Å². The van der Waals surface area contributed by atoms with E-state index >= 15 is 0 Å². The summed E-state index contributed by atoms with van der Waals surface area (Å²) < 4.78 is 4.34. The molecule has 0 aliphatic heterocycles. The first kappa shape index (κ1) is 12.9. The Balaban J connectivity index is 1.66. The number of carbonyl (C=O) groups excluding carboxylic acids is 1. The van der Waals surface area contributed by atoms with Crippen LogP contribution in [0.3, 0.4) is 0 Å². The lowest BCUT2D eigenvalue weighted by Gasteiger charge is -2.03. The average molecular weight is 285 g/mol. The molecule has 0 atom stereocenters. The summed E-state index contributed by atoms with van der Waals surface area (Å²) in [5.74, 6) is -0.648. The lowest BCUT2D eigenvalue weighted by atomic mass is 10.1. The van der Waals surface area contributed by atoms with Gasteiger partial charge in [-0.25, -0.2) is 4.79 Å². The molecule has 2 aromatic heterocycles. The minimum atomic E-state index is -0.649. The molecule has 0 aliphatic rings. The Morgan fingerprint density at radius 1 is 1.24 bits per heavy atom. The van der Waals surface area contributed by atoms with Crippen molar-refractivity contribution in [2.75, 3.05) is 0 Å². The zero-order chi connectivity index (χ0) is 14.7. The number of benzene rings is 1. The summed E-state index contributed by atoms with van der Waals surface area (Å²) in [6, 6.07) is 7.09. The summed E-state index contributed by atoms with van der Waals surface area (Å²) in [5.41, 5.74) is 2.41. The normalized spacial score (nSPS) is 10.5. The summed E-state index contributed by atoms with van der Waals surface area (Å²) in [6.45, 7) is 0.0913. The van der Waals surface area contributed by atoms with Gasteiger partial charge >= 0.3 is 5.76 Å². The molecule has 106 valence electrons. The van der Waals surface area contributed by atoms with Gasteiger partial charge in [0.2, 0.25) is 0 Å². The first-order valence-corrected chi connectivity index (χ1v) is 6.14. The van der Waals surface area contributed by atoms with Crippen molar-refractivity contribution < 1.29 is 9.32 Å². The number of H-pyrrole nitrogens is 2. The Morgan fingerprint density at radius 2 is 2.05 bits per heavy atom. The number of amides is 1. The Bertz CT molecular complexity index is 786. The van der Waals surface area contributed by atoms with Gasteiger partial charge in [-0.1, -0.05) is 17.3 Å². The van der Waals surface area contributed by atoms with Crippen LogP contribution in [0.1, 0.15) is 16.2 Å². The van der Waals surface area contributed by atoms with Crippen LogP contribution in [0.15, 0.2) is 46.0 Å². The van der Waals surface area contributed by atoms with E-state index in [-0.39, 0.29) is 18.3 Å². The van der Waals surface area contributed by atoms with E-state index in [0.29, 0.717) is 5.56 Å². The highest BCUT2D eigenvalue weighted by atomic mass is 16.5. The molecule has 2 heterocycles. The minimum absolute atomic E-state index is 0.0913. The third-order valence-corrected chi connectivity index (χ3v) is 2.88. The van der Waals surface area contributed by atoms with Crippen LogP contribution in [0, 0.1) is 0 Å². The van der Waals surface area contributed by atoms with Gasteiger partial charge in [0.05, 0.1) is 12.7 Å². The van der Waals surface area contributed by atoms with Crippen molar-refractivity contribution >= 4 is 5.91 Å². The monoisotopic (exact) mass is 285 g/mol. The van der Waals surface area contributed by atoms with Crippen LogP contribution >= 0.6 is 0 Å². The number of aromatic nitrogens is 4. The van der Waals surface area contributed by atoms with Crippen LogP contribution in [-0.2, 0) is 6.54 Å². The molecule has 21 heavy (non-hydrogen) atoms. The van der Waals surface area contributed by atoms with E-state index in [1.807, 2.05) is 12.1 Å². The third-order valence-electron chi connectivity index (χ3n) is 2.88. The molecule has 0 aliphatic carbocycles. The molecule has 0 spiro atoms. The summed E-state index contributed by atoms with van der Waals surface area (Å²) in [4.78, 5) is 25.0. The highest BCUT2D eigenvalue weighted by Gasteiger charge is 2.08. The van der Waals surface area contributed by atoms with E-state index in [4.69, 9.17) is 0 Å². The van der Waals surface area contributed by atoms with Crippen molar-refractivity contribution in [3.05, 3.63) is 58.6 Å². The zero-order valence-electron chi connectivity index (χ0n) is 10.8. The molecule has 0 unspecified atom stereocenters. The van der Waals surface area contributed by atoms with Crippen molar-refractivity contribution in [3.63, 3.8) is 0 Å². The lowest BCUT2D eigenvalue weighted by molar-refractivity contribution is 0.0949. The molecule has 0 saturated heterocycles. The van der Waals surface area contributed by atoms with Gasteiger partial charge in [0.25, 0.3) is 5.91 Å². The first-order valence-electron chi connectivity index (χ1n) is 6.14. The van der Waals surface area contributed by atoms with Gasteiger partial charge in [-0.05, 0) is 17.7 Å². The Kier molecular flexibility index (Phi) is 3.34. The summed E-state index contributed by atoms with van der Waals surface area (Å²) in [6.07, 6.45) is 3.48. The van der Waals surface area contributed by atoms with Crippen molar-refractivity contribution in [1.82, 2.24) is 25.7 Å². The second-order valence-electron chi connectivity index (χ2n) is 4.29. The molecule has 8 heteroatoms. The van der Waals surface area contributed by atoms with Gasteiger partial charge in [0, 0.05) is 17.3 Å². The lowest BCUT2D eigenvalue weighted by Crippen LogP contribution is -2.23. The highest BCUT2D eigenvalue weighted by molar-refractivity contribution is 5.94. The first-order chi connectivity index (χ1) is 10.2. The molecule has 3 aromatic rings. The van der Waals surface area contributed by atoms with E-state index in [1.54, 1.807) is 24.5 Å². The summed E-state index contributed by atoms with van der Waals surface area (Å²) in [7, 11) is 0. The van der Waals surface area contributed by atoms with E-state index in [2.05, 4.69) is 30.2 Å². The van der Waals surface area contributed by atoms with E-state index in [0.717, 1.165) is 11.1 Å². The number of nitrogens with zero attached hydrogens (tertiary/aromatic N) is 2. The van der Waals surface area contributed by atoms with Crippen LogP contribution in [-0.4, -0.2) is 26.2 Å². The molecule has 3 rings (SSSR count). The molecular weight excluding hydrogens is 274 g/mol. The molecule has 0 bridgehead atoms. The number of nitrogens with one attached hydrogen (secondary N) is 3. The smallest absolute Gasteiger partial charge is 0.345 e. The molecule has 1 aromatic carbocycles. The van der Waals surface area contributed by atoms with Gasteiger partial charge in [0.1, 0.15) is 0 Å². The third kappa shape index (κ3) is 2.89. The highest BCUT2D eigenvalue weighted by Crippen LogP contribution is 2.17. The van der Waals surface area contributed by atoms with Gasteiger partial charge in [-0.2, -0.15) is 5.10 Å². The van der Waals surface area contributed by atoms with Crippen molar-refractivity contribution in [2.45, 2.75) is 6.54 Å². The predicted octanol–water partition coefficient (Wildman–Crippen LogP) is 0.683. The Labute approximate surface area is 118 Å². The number of carbonyl (C=O) groups is 1. The van der Waals surface area contributed by atoms with Crippen LogP contribution in [0.4, 0.5) is 0 Å². The second kappa shape index (κ2) is 5.45. The Hall–Kier alpha value is -3.16. The number of hydrogen-bond acceptors (Lipinski definition) is 5. The van der Waals surface area contributed by atoms with Gasteiger partial charge < -0.3 is 5.32 Å². The predicted molar refractivity (Wildman–Crippen MR) is 72.3 cm³/mol. The summed E-state index contributed by atoms with van der Waals surface area (Å²) >= 11 is 0. The molecule has 0 saturated carbocycles. The van der Waals surface area contributed by atoms with Crippen molar-refractivity contribution in [2.24, 2.45) is 0 Å². The number of rotatable bonds is 4. The maximum atomic E-state index is 11.9. The fourth-order valence-corrected chi connectivity index (χ4v) is 1.83. The van der Waals surface area contributed by atoms with E-state index < -0.39 is 5.76 Å². The van der Waals surface area contributed by atoms with Gasteiger partial charge in [-0.3, -0.25) is 19.4 Å². The maximum absolute atomic E-state index is 11.9. The SMILES string of the molecule is O=C(NCc1noc(=O)[nH]1)c1ccc(-c2cn[nH]c2)cc1. The fraction of sp³-hybridized carbons (Fsp3) is 0.0769. The average Bonchev–Trinajstić information content (AvgIpc) is 3.16. The topological polar surface area (TPSA) is 117 Å². The Morgan fingerprint density at radius 3 is 2.67 bits per heavy atom. The van der Waals surface area contributed by atoms with Gasteiger partial charge in [-0.15, -0.1) is 0 Å². The molecular formula is C13H11N5O3. The molecule has 0 radical (unpaired) electrons. The van der Waals surface area contributed by atoms with Crippen molar-refractivity contribution in [3.8, 4) is 11.1 Å². The standard InChI is InChI=1S/C13H11N5O3/c19-12(14-7-11-17-13(20)21-18-11)9-3-1-8(2-4-9)10-5-15-16-6-10/h1-6H,7H2,(H,14,19)(H,15,16)(H,17,18,20). The number of aromatic amines is 2. The molecule has 8 nitrogen and oxygen atoms in total.